The number of hydrogen-bond donors (Lipinski definition) is 6. The van der Waals surface area contributed by atoms with Crippen LogP contribution in [0.1, 0.15) is 57.4 Å². The molecule has 2 heterocycles. The van der Waals surface area contributed by atoms with Crippen LogP contribution in [0.3, 0.4) is 0 Å². The molecule has 1 fully saturated rings. The Morgan fingerprint density at radius 2 is 1.68 bits per heavy atom. The number of para-hydroxylation sites is 1. The highest BCUT2D eigenvalue weighted by Crippen LogP contribution is 2.18. The predicted octanol–water partition coefficient (Wildman–Crippen LogP) is 1.92. The van der Waals surface area contributed by atoms with E-state index in [-0.39, 0.29) is 30.1 Å². The van der Waals surface area contributed by atoms with Crippen LogP contribution >= 0.6 is 12.6 Å². The maximum Gasteiger partial charge on any atom is 0.268 e. The van der Waals surface area contributed by atoms with Crippen LogP contribution in [0.2, 0.25) is 0 Å². The van der Waals surface area contributed by atoms with E-state index in [0.717, 1.165) is 10.9 Å². The van der Waals surface area contributed by atoms with Crippen molar-refractivity contribution in [3.05, 3.63) is 36.0 Å². The first kappa shape index (κ1) is 29.2. The van der Waals surface area contributed by atoms with E-state index in [9.17, 15) is 24.0 Å². The SMILES string of the molecule is CC(C)C[C@H](NC(=O)[C@@H](NC(=O)c1cc2ccccc2[nH]1)C(C)C)C(=O)N[C@@H](C[C@@H]1CCNC1=O)C(=O)S. The number of carbonyl (C=O) groups excluding carboxylic acids is 5. The molecule has 0 unspecified atom stereocenters. The quantitative estimate of drug-likeness (QED) is 0.226. The summed E-state index contributed by atoms with van der Waals surface area (Å²) in [7, 11) is 0. The van der Waals surface area contributed by atoms with E-state index < -0.39 is 41.0 Å². The molecule has 206 valence electrons. The van der Waals surface area contributed by atoms with Crippen molar-refractivity contribution in [2.24, 2.45) is 17.8 Å². The highest BCUT2D eigenvalue weighted by atomic mass is 32.1. The number of benzene rings is 1. The van der Waals surface area contributed by atoms with Crippen molar-refractivity contribution in [2.75, 3.05) is 6.54 Å². The van der Waals surface area contributed by atoms with E-state index in [1.807, 2.05) is 38.1 Å². The summed E-state index contributed by atoms with van der Waals surface area (Å²) in [4.78, 5) is 66.6. The molecule has 1 aliphatic rings. The topological polar surface area (TPSA) is 149 Å². The molecule has 1 aliphatic heterocycles. The number of rotatable bonds is 12. The number of nitrogens with one attached hydrogen (secondary N) is 5. The Morgan fingerprint density at radius 1 is 1.00 bits per heavy atom. The Hall–Kier alpha value is -3.34. The zero-order valence-corrected chi connectivity index (χ0v) is 23.1. The number of thiol groups is 1. The molecule has 4 atom stereocenters. The van der Waals surface area contributed by atoms with Gasteiger partial charge in [-0.3, -0.25) is 24.0 Å². The smallest absolute Gasteiger partial charge is 0.268 e. The molecule has 11 heteroatoms. The van der Waals surface area contributed by atoms with Gasteiger partial charge in [0.15, 0.2) is 0 Å². The fourth-order valence-electron chi connectivity index (χ4n) is 4.56. The van der Waals surface area contributed by atoms with Crippen LogP contribution in [0.5, 0.6) is 0 Å². The molecule has 5 N–H and O–H groups in total. The molecule has 1 aromatic heterocycles. The summed E-state index contributed by atoms with van der Waals surface area (Å²) in [6, 6.07) is 6.38. The average molecular weight is 544 g/mol. The molecule has 0 spiro atoms. The Kier molecular flexibility index (Phi) is 9.96. The van der Waals surface area contributed by atoms with Crippen molar-refractivity contribution >= 4 is 52.3 Å². The second-order valence-corrected chi connectivity index (χ2v) is 11.0. The zero-order valence-electron chi connectivity index (χ0n) is 22.2. The van der Waals surface area contributed by atoms with E-state index in [0.29, 0.717) is 25.1 Å². The molecular weight excluding hydrogens is 506 g/mol. The Bertz CT molecular complexity index is 1160. The number of aromatic nitrogens is 1. The van der Waals surface area contributed by atoms with Crippen LogP contribution in [-0.4, -0.2) is 58.4 Å². The monoisotopic (exact) mass is 543 g/mol. The lowest BCUT2D eigenvalue weighted by molar-refractivity contribution is -0.132. The van der Waals surface area contributed by atoms with Gasteiger partial charge < -0.3 is 26.3 Å². The summed E-state index contributed by atoms with van der Waals surface area (Å²) < 4.78 is 0. The van der Waals surface area contributed by atoms with Gasteiger partial charge in [-0.25, -0.2) is 0 Å². The number of carbonyl (C=O) groups is 5. The molecule has 10 nitrogen and oxygen atoms in total. The third kappa shape index (κ3) is 7.59. The van der Waals surface area contributed by atoms with Crippen LogP contribution in [0.15, 0.2) is 30.3 Å². The molecule has 0 bridgehead atoms. The predicted molar refractivity (Wildman–Crippen MR) is 147 cm³/mol. The van der Waals surface area contributed by atoms with E-state index in [1.54, 1.807) is 19.9 Å². The third-order valence-electron chi connectivity index (χ3n) is 6.65. The molecule has 1 aromatic carbocycles. The summed E-state index contributed by atoms with van der Waals surface area (Å²) in [5, 5.41) is 11.3. The molecule has 3 rings (SSSR count). The molecule has 38 heavy (non-hydrogen) atoms. The number of fused-ring (bicyclic) bond motifs is 1. The van der Waals surface area contributed by atoms with Crippen molar-refractivity contribution in [1.29, 1.82) is 0 Å². The van der Waals surface area contributed by atoms with Gasteiger partial charge in [-0.05, 0) is 43.2 Å². The third-order valence-corrected chi connectivity index (χ3v) is 6.96. The summed E-state index contributed by atoms with van der Waals surface area (Å²) in [5.41, 5.74) is 1.13. The van der Waals surface area contributed by atoms with Crippen molar-refractivity contribution in [3.63, 3.8) is 0 Å². The standard InChI is InChI=1S/C27H37N5O5S/c1-14(2)11-19(24(34)31-21(27(37)38)13-17-9-10-28-23(17)33)30-26(36)22(15(3)4)32-25(35)20-12-16-7-5-6-8-18(16)29-20/h5-8,12,14-15,17,19,21-22,29H,9-11,13H2,1-4H3,(H,28,33)(H,30,36)(H,31,34)(H,32,35)(H,37,38)/t17-,19-,21-,22-/m0/s1. The Labute approximate surface area is 227 Å². The maximum atomic E-state index is 13.3. The second kappa shape index (κ2) is 12.9. The number of hydrogen-bond acceptors (Lipinski definition) is 5. The average Bonchev–Trinajstić information content (AvgIpc) is 3.46. The van der Waals surface area contributed by atoms with Crippen LogP contribution in [0.4, 0.5) is 0 Å². The van der Waals surface area contributed by atoms with Crippen LogP contribution < -0.4 is 21.3 Å². The fourth-order valence-corrected chi connectivity index (χ4v) is 4.73. The van der Waals surface area contributed by atoms with E-state index >= 15 is 0 Å². The first-order chi connectivity index (χ1) is 18.0. The molecule has 1 saturated heterocycles. The van der Waals surface area contributed by atoms with E-state index in [4.69, 9.17) is 0 Å². The van der Waals surface area contributed by atoms with Crippen molar-refractivity contribution < 1.29 is 24.0 Å². The van der Waals surface area contributed by atoms with Crippen LogP contribution in [0.25, 0.3) is 10.9 Å². The van der Waals surface area contributed by atoms with Gasteiger partial charge in [-0.15, -0.1) is 12.6 Å². The fraction of sp³-hybridized carbons (Fsp3) is 0.519. The van der Waals surface area contributed by atoms with Gasteiger partial charge in [0.25, 0.3) is 5.91 Å². The number of amides is 4. The highest BCUT2D eigenvalue weighted by Gasteiger charge is 2.34. The van der Waals surface area contributed by atoms with Gasteiger partial charge in [0.05, 0.1) is 6.04 Å². The molecule has 2 aromatic rings. The first-order valence-electron chi connectivity index (χ1n) is 13.0. The summed E-state index contributed by atoms with van der Waals surface area (Å²) in [6.45, 7) is 7.95. The molecular formula is C27H37N5O5S. The lowest BCUT2D eigenvalue weighted by Gasteiger charge is -2.27. The summed E-state index contributed by atoms with van der Waals surface area (Å²) in [5.74, 6) is -2.24. The van der Waals surface area contributed by atoms with Gasteiger partial charge in [-0.1, -0.05) is 45.9 Å². The summed E-state index contributed by atoms with van der Waals surface area (Å²) in [6.07, 6.45) is 1.03. The largest absolute Gasteiger partial charge is 0.356 e. The Morgan fingerprint density at radius 3 is 2.26 bits per heavy atom. The normalized spacial score (nSPS) is 17.7. The van der Waals surface area contributed by atoms with Crippen molar-refractivity contribution in [1.82, 2.24) is 26.3 Å². The van der Waals surface area contributed by atoms with Gasteiger partial charge >= 0.3 is 0 Å². The van der Waals surface area contributed by atoms with Crippen molar-refractivity contribution in [2.45, 2.75) is 65.1 Å². The zero-order chi connectivity index (χ0) is 28.0. The molecule has 0 aliphatic carbocycles. The minimum Gasteiger partial charge on any atom is -0.356 e. The minimum absolute atomic E-state index is 0.0512. The van der Waals surface area contributed by atoms with Gasteiger partial charge in [-0.2, -0.15) is 0 Å². The molecule has 0 saturated carbocycles. The maximum absolute atomic E-state index is 13.3. The lowest BCUT2D eigenvalue weighted by Crippen LogP contribution is -2.57. The second-order valence-electron chi connectivity index (χ2n) is 10.6. The van der Waals surface area contributed by atoms with Crippen LogP contribution in [-0.2, 0) is 19.2 Å². The van der Waals surface area contributed by atoms with E-state index in [1.165, 1.54) is 0 Å². The molecule has 4 amide bonds. The van der Waals surface area contributed by atoms with E-state index in [2.05, 4.69) is 38.9 Å². The Balaban J connectivity index is 1.70. The summed E-state index contributed by atoms with van der Waals surface area (Å²) >= 11 is 3.91. The first-order valence-corrected chi connectivity index (χ1v) is 13.4. The van der Waals surface area contributed by atoms with Gasteiger partial charge in [0, 0.05) is 23.4 Å². The lowest BCUT2D eigenvalue weighted by atomic mass is 9.97. The van der Waals surface area contributed by atoms with Crippen molar-refractivity contribution in [3.8, 4) is 0 Å². The highest BCUT2D eigenvalue weighted by molar-refractivity contribution is 7.96. The minimum atomic E-state index is -0.964. The molecule has 0 radical (unpaired) electrons. The van der Waals surface area contributed by atoms with Gasteiger partial charge in [0.1, 0.15) is 17.8 Å². The number of H-pyrrole nitrogens is 1. The number of aromatic amines is 1. The van der Waals surface area contributed by atoms with Gasteiger partial charge in [0.2, 0.25) is 22.8 Å². The van der Waals surface area contributed by atoms with Crippen LogP contribution in [0, 0.1) is 17.8 Å².